The van der Waals surface area contributed by atoms with Crippen molar-refractivity contribution >= 4 is 5.78 Å². The highest BCUT2D eigenvalue weighted by atomic mass is 16.8. The number of allylic oxidation sites excluding steroid dienone is 1. The van der Waals surface area contributed by atoms with Gasteiger partial charge >= 0.3 is 0 Å². The van der Waals surface area contributed by atoms with Gasteiger partial charge in [-0.1, -0.05) is 34.3 Å². The average molecular weight is 515 g/mol. The fraction of sp³-hybridized carbons (Fsp3) is 0.833. The van der Waals surface area contributed by atoms with Crippen LogP contribution in [0.4, 0.5) is 0 Å². The van der Waals surface area contributed by atoms with Gasteiger partial charge in [0.05, 0.1) is 24.7 Å². The molecule has 7 heteroatoms. The first-order chi connectivity index (χ1) is 17.3. The van der Waals surface area contributed by atoms with Gasteiger partial charge < -0.3 is 28.8 Å². The van der Waals surface area contributed by atoms with E-state index in [-0.39, 0.29) is 35.2 Å². The Morgan fingerprint density at radius 3 is 2.65 bits per heavy atom. The summed E-state index contributed by atoms with van der Waals surface area (Å²) in [5.41, 5.74) is -0.153. The summed E-state index contributed by atoms with van der Waals surface area (Å²) in [6.07, 6.45) is 2.41. The molecule has 7 nitrogen and oxygen atoms in total. The second kappa shape index (κ2) is 7.28. The molecule has 0 radical (unpaired) electrons. The fourth-order valence-electron chi connectivity index (χ4n) is 10.1. The number of hydrogen-bond donors (Lipinski definition) is 1. The molecule has 204 valence electrons. The van der Waals surface area contributed by atoms with Crippen LogP contribution in [0, 0.1) is 39.9 Å². The van der Waals surface area contributed by atoms with Crippen LogP contribution in [0.3, 0.4) is 0 Å². The maximum Gasteiger partial charge on any atom is 0.213 e. The van der Waals surface area contributed by atoms with E-state index in [9.17, 15) is 9.90 Å². The lowest BCUT2D eigenvalue weighted by atomic mass is 9.36. The van der Waals surface area contributed by atoms with Crippen LogP contribution in [0.5, 0.6) is 0 Å². The van der Waals surface area contributed by atoms with Crippen LogP contribution < -0.4 is 0 Å². The third-order valence-corrected chi connectivity index (χ3v) is 10.8. The minimum atomic E-state index is -1.47. The standard InChI is InChI=1S/C30H42O7/c1-15(2)13-33-20-11-8-17-12-26(4,5)21-23(32)30-29-19(28(21,14-34-30)24(17)35-20)10-9-18(16(3)22(29)31)25(29)36-27(6,7)37-30/h15,18-21,23,25,32H,3,8-14H2,1-2,4-7H3/t18-,19-,20-,21+,23-,25+,28-,29-,30+/m0/s1. The van der Waals surface area contributed by atoms with Gasteiger partial charge in [-0.15, -0.1) is 0 Å². The Labute approximate surface area is 219 Å². The molecule has 6 fully saturated rings. The van der Waals surface area contributed by atoms with Crippen molar-refractivity contribution in [3.63, 3.8) is 0 Å². The fourth-order valence-corrected chi connectivity index (χ4v) is 10.1. The number of hydrogen-bond acceptors (Lipinski definition) is 7. The largest absolute Gasteiger partial charge is 0.469 e. The van der Waals surface area contributed by atoms with E-state index in [2.05, 4.69) is 34.3 Å². The van der Waals surface area contributed by atoms with Crippen LogP contribution in [-0.2, 0) is 28.5 Å². The molecule has 4 bridgehead atoms. The van der Waals surface area contributed by atoms with Gasteiger partial charge in [0.2, 0.25) is 5.79 Å². The average Bonchev–Trinajstić information content (AvgIpc) is 2.92. The molecule has 0 aromatic rings. The molecule has 0 unspecified atom stereocenters. The Hall–Kier alpha value is -1.25. The van der Waals surface area contributed by atoms with Gasteiger partial charge in [0.15, 0.2) is 17.9 Å². The molecule has 8 aliphatic rings. The SMILES string of the molecule is C=C1C(=O)[C@@]23[C@@H]4OC(C)(C)O[C@@]25OC[C@]2(C6=C(CC[C@@H](OCC(C)C)O6)CC(C)(C)[C@H]2[C@@H]5O)[C@@H]3CC[C@@H]14. The molecular formula is C30H42O7. The lowest BCUT2D eigenvalue weighted by molar-refractivity contribution is -0.527. The van der Waals surface area contributed by atoms with Gasteiger partial charge in [-0.05, 0) is 67.9 Å². The summed E-state index contributed by atoms with van der Waals surface area (Å²) in [5, 5.41) is 12.5. The first-order valence-electron chi connectivity index (χ1n) is 14.3. The first kappa shape index (κ1) is 24.8. The highest BCUT2D eigenvalue weighted by Crippen LogP contribution is 2.80. The Morgan fingerprint density at radius 2 is 1.92 bits per heavy atom. The maximum atomic E-state index is 14.4. The number of carbonyl (C=O) groups is 1. The van der Waals surface area contributed by atoms with Crippen molar-refractivity contribution in [2.75, 3.05) is 13.2 Å². The Morgan fingerprint density at radius 1 is 1.16 bits per heavy atom. The van der Waals surface area contributed by atoms with Crippen LogP contribution in [0.1, 0.15) is 73.6 Å². The molecule has 37 heavy (non-hydrogen) atoms. The van der Waals surface area contributed by atoms with Crippen molar-refractivity contribution in [3.8, 4) is 0 Å². The van der Waals surface area contributed by atoms with E-state index < -0.39 is 34.6 Å². The molecule has 4 heterocycles. The van der Waals surface area contributed by atoms with Crippen LogP contribution in [-0.4, -0.2) is 54.2 Å². The lowest BCUT2D eigenvalue weighted by Gasteiger charge is -2.77. The Balaban J connectivity index is 1.44. The summed E-state index contributed by atoms with van der Waals surface area (Å²) >= 11 is 0. The highest BCUT2D eigenvalue weighted by molar-refractivity contribution is 6.05. The van der Waals surface area contributed by atoms with Crippen molar-refractivity contribution in [1.29, 1.82) is 0 Å². The number of fused-ring (bicyclic) bond motifs is 1. The summed E-state index contributed by atoms with van der Waals surface area (Å²) in [7, 11) is 0. The van der Waals surface area contributed by atoms with E-state index in [4.69, 9.17) is 23.7 Å². The number of ketones is 1. The molecule has 4 aliphatic heterocycles. The molecule has 3 saturated carbocycles. The van der Waals surface area contributed by atoms with E-state index in [1.807, 2.05) is 13.8 Å². The minimum absolute atomic E-state index is 0.0500. The number of carbonyl (C=O) groups excluding carboxylic acids is 1. The third kappa shape index (κ3) is 2.69. The third-order valence-electron chi connectivity index (χ3n) is 10.8. The minimum Gasteiger partial charge on any atom is -0.469 e. The zero-order valence-electron chi connectivity index (χ0n) is 23.1. The summed E-state index contributed by atoms with van der Waals surface area (Å²) in [6.45, 7) is 17.7. The summed E-state index contributed by atoms with van der Waals surface area (Å²) < 4.78 is 33.0. The van der Waals surface area contributed by atoms with Crippen molar-refractivity contribution in [1.82, 2.24) is 0 Å². The molecule has 8 rings (SSSR count). The predicted octanol–water partition coefficient (Wildman–Crippen LogP) is 4.49. The monoisotopic (exact) mass is 514 g/mol. The van der Waals surface area contributed by atoms with Crippen LogP contribution >= 0.6 is 0 Å². The van der Waals surface area contributed by atoms with Crippen molar-refractivity contribution in [2.24, 2.45) is 39.9 Å². The number of aliphatic hydroxyl groups excluding tert-OH is 1. The van der Waals surface area contributed by atoms with Crippen molar-refractivity contribution in [2.45, 2.75) is 104 Å². The maximum absolute atomic E-state index is 14.4. The van der Waals surface area contributed by atoms with Gasteiger partial charge in [-0.25, -0.2) is 0 Å². The molecule has 9 atom stereocenters. The predicted molar refractivity (Wildman–Crippen MR) is 134 cm³/mol. The zero-order valence-corrected chi connectivity index (χ0v) is 23.1. The van der Waals surface area contributed by atoms with Crippen molar-refractivity contribution in [3.05, 3.63) is 23.5 Å². The second-order valence-electron chi connectivity index (χ2n) is 14.3. The molecule has 3 spiro atoms. The molecular weight excluding hydrogens is 472 g/mol. The van der Waals surface area contributed by atoms with Gasteiger partial charge in [-0.2, -0.15) is 0 Å². The first-order valence-corrected chi connectivity index (χ1v) is 14.3. The smallest absolute Gasteiger partial charge is 0.213 e. The lowest BCUT2D eigenvalue weighted by Crippen LogP contribution is -2.87. The highest BCUT2D eigenvalue weighted by Gasteiger charge is 2.90. The van der Waals surface area contributed by atoms with E-state index in [1.54, 1.807) is 0 Å². The Bertz CT molecular complexity index is 1110. The van der Waals surface area contributed by atoms with Gasteiger partial charge in [0.1, 0.15) is 17.3 Å². The molecule has 0 aromatic carbocycles. The number of ether oxygens (including phenoxy) is 5. The van der Waals surface area contributed by atoms with Crippen LogP contribution in [0.2, 0.25) is 0 Å². The molecule has 1 N–H and O–H groups in total. The van der Waals surface area contributed by atoms with Gasteiger partial charge in [0, 0.05) is 18.3 Å². The molecule has 0 amide bonds. The van der Waals surface area contributed by atoms with E-state index >= 15 is 0 Å². The number of Topliss-reactive ketones (excluding diaryl/α,β-unsaturated/α-hetero) is 1. The van der Waals surface area contributed by atoms with E-state index in [0.29, 0.717) is 24.7 Å². The topological polar surface area (TPSA) is 83.5 Å². The van der Waals surface area contributed by atoms with Crippen LogP contribution in [0.25, 0.3) is 0 Å². The Kier molecular flexibility index (Phi) is 4.87. The quantitative estimate of drug-likeness (QED) is 0.556. The molecule has 4 aliphatic carbocycles. The molecule has 3 saturated heterocycles. The van der Waals surface area contributed by atoms with Gasteiger partial charge in [-0.3, -0.25) is 4.79 Å². The molecule has 0 aromatic heterocycles. The van der Waals surface area contributed by atoms with Crippen LogP contribution in [0.15, 0.2) is 23.5 Å². The summed E-state index contributed by atoms with van der Waals surface area (Å²) in [5.74, 6) is -1.63. The summed E-state index contributed by atoms with van der Waals surface area (Å²) in [6, 6.07) is 0. The number of rotatable bonds is 3. The zero-order chi connectivity index (χ0) is 26.3. The van der Waals surface area contributed by atoms with E-state index in [1.165, 1.54) is 5.57 Å². The van der Waals surface area contributed by atoms with E-state index in [0.717, 1.165) is 37.9 Å². The summed E-state index contributed by atoms with van der Waals surface area (Å²) in [4.78, 5) is 14.4. The number of aliphatic hydroxyl groups is 1. The van der Waals surface area contributed by atoms with Crippen molar-refractivity contribution < 1.29 is 33.6 Å². The normalized spacial score (nSPS) is 50.5. The van der Waals surface area contributed by atoms with Gasteiger partial charge in [0.25, 0.3) is 0 Å². The second-order valence-corrected chi connectivity index (χ2v) is 14.3.